The number of aldehydes is 1. The van der Waals surface area contributed by atoms with Gasteiger partial charge in [0.2, 0.25) is 0 Å². The summed E-state index contributed by atoms with van der Waals surface area (Å²) in [6.07, 6.45) is 8.39. The van der Waals surface area contributed by atoms with Crippen LogP contribution in [0.2, 0.25) is 0 Å². The van der Waals surface area contributed by atoms with Gasteiger partial charge in [-0.25, -0.2) is 0 Å². The standard InChI is InChI=1S/C17H26N2O2/c1-21-17-13(11-20)6-7-15-14-5-3-9-18-8-2-4-12(16(14)18)10-19(15)17/h11-12,14-16H,2-10H2,1H3/t12-,14+,15+,16-/m0/s1. The number of ether oxygens (including phenoxy) is 1. The van der Waals surface area contributed by atoms with Crippen LogP contribution in [-0.4, -0.2) is 54.9 Å². The van der Waals surface area contributed by atoms with Crippen LogP contribution >= 0.6 is 0 Å². The van der Waals surface area contributed by atoms with Crippen LogP contribution in [0.15, 0.2) is 11.5 Å². The highest BCUT2D eigenvalue weighted by Gasteiger charge is 2.50. The van der Waals surface area contributed by atoms with Crippen molar-refractivity contribution in [2.24, 2.45) is 11.8 Å². The Balaban J connectivity index is 1.68. The maximum absolute atomic E-state index is 11.3. The van der Waals surface area contributed by atoms with Gasteiger partial charge >= 0.3 is 0 Å². The number of nitrogens with zero attached hydrogens (tertiary/aromatic N) is 2. The van der Waals surface area contributed by atoms with Crippen LogP contribution in [0.25, 0.3) is 0 Å². The molecule has 0 aliphatic carbocycles. The molecule has 0 aromatic heterocycles. The highest BCUT2D eigenvalue weighted by atomic mass is 16.5. The molecule has 0 bridgehead atoms. The number of methoxy groups -OCH3 is 1. The number of fused-ring (bicyclic) bond motifs is 2. The second kappa shape index (κ2) is 5.31. The molecule has 0 amide bonds. The quantitative estimate of drug-likeness (QED) is 0.728. The van der Waals surface area contributed by atoms with Gasteiger partial charge in [-0.15, -0.1) is 0 Å². The SMILES string of the molecule is COC1=C(C=O)CC[C@@H]2[C@H]3CCCN4CCC[C@@H](CN12)[C@@H]34. The van der Waals surface area contributed by atoms with E-state index in [1.165, 1.54) is 38.8 Å². The molecule has 4 rings (SSSR count). The number of allylic oxidation sites excluding steroid dienone is 1. The molecule has 0 radical (unpaired) electrons. The van der Waals surface area contributed by atoms with E-state index in [1.807, 2.05) is 0 Å². The molecule has 0 saturated carbocycles. The van der Waals surface area contributed by atoms with E-state index in [0.29, 0.717) is 6.04 Å². The van der Waals surface area contributed by atoms with E-state index in [2.05, 4.69) is 9.80 Å². The minimum Gasteiger partial charge on any atom is -0.482 e. The molecule has 3 saturated heterocycles. The van der Waals surface area contributed by atoms with Crippen LogP contribution in [-0.2, 0) is 9.53 Å². The topological polar surface area (TPSA) is 32.8 Å². The van der Waals surface area contributed by atoms with Gasteiger partial charge in [-0.05, 0) is 63.5 Å². The second-order valence-corrected chi connectivity index (χ2v) is 7.15. The molecule has 4 atom stereocenters. The summed E-state index contributed by atoms with van der Waals surface area (Å²) in [5.74, 6) is 2.41. The molecule has 4 heteroatoms. The van der Waals surface area contributed by atoms with E-state index in [9.17, 15) is 4.79 Å². The van der Waals surface area contributed by atoms with Gasteiger partial charge in [0.15, 0.2) is 12.2 Å². The van der Waals surface area contributed by atoms with Crippen molar-refractivity contribution >= 4 is 6.29 Å². The minimum atomic E-state index is 0.589. The highest BCUT2D eigenvalue weighted by Crippen LogP contribution is 2.46. The van der Waals surface area contributed by atoms with Crippen molar-refractivity contribution in [3.63, 3.8) is 0 Å². The second-order valence-electron chi connectivity index (χ2n) is 7.15. The van der Waals surface area contributed by atoms with E-state index in [0.717, 1.165) is 55.0 Å². The number of rotatable bonds is 2. The van der Waals surface area contributed by atoms with Crippen molar-refractivity contribution in [2.75, 3.05) is 26.7 Å². The molecule has 0 unspecified atom stereocenters. The molecule has 0 aromatic rings. The third kappa shape index (κ3) is 2.02. The van der Waals surface area contributed by atoms with E-state index < -0.39 is 0 Å². The Labute approximate surface area is 127 Å². The largest absolute Gasteiger partial charge is 0.482 e. The molecule has 21 heavy (non-hydrogen) atoms. The van der Waals surface area contributed by atoms with Crippen molar-refractivity contribution < 1.29 is 9.53 Å². The van der Waals surface area contributed by atoms with Crippen LogP contribution < -0.4 is 0 Å². The van der Waals surface area contributed by atoms with Crippen LogP contribution in [0.5, 0.6) is 0 Å². The molecule has 4 aliphatic rings. The first-order valence-electron chi connectivity index (χ1n) is 8.56. The first kappa shape index (κ1) is 13.6. The fraction of sp³-hybridized carbons (Fsp3) is 0.824. The molecule has 116 valence electrons. The summed E-state index contributed by atoms with van der Waals surface area (Å²) in [4.78, 5) is 16.5. The molecule has 0 N–H and O–H groups in total. The van der Waals surface area contributed by atoms with Crippen LogP contribution in [0.1, 0.15) is 38.5 Å². The zero-order valence-electron chi connectivity index (χ0n) is 13.0. The van der Waals surface area contributed by atoms with E-state index in [-0.39, 0.29) is 0 Å². The Morgan fingerprint density at radius 3 is 2.76 bits per heavy atom. The number of carbonyl (C=O) groups is 1. The molecular weight excluding hydrogens is 264 g/mol. The van der Waals surface area contributed by atoms with Crippen molar-refractivity contribution in [1.82, 2.24) is 9.80 Å². The summed E-state index contributed by atoms with van der Waals surface area (Å²) in [6.45, 7) is 3.69. The van der Waals surface area contributed by atoms with Crippen molar-refractivity contribution in [3.8, 4) is 0 Å². The van der Waals surface area contributed by atoms with Gasteiger partial charge in [-0.1, -0.05) is 0 Å². The maximum Gasteiger partial charge on any atom is 0.195 e. The van der Waals surface area contributed by atoms with Gasteiger partial charge in [0, 0.05) is 18.6 Å². The summed E-state index contributed by atoms with van der Waals surface area (Å²) >= 11 is 0. The van der Waals surface area contributed by atoms with Gasteiger partial charge in [0.1, 0.15) is 0 Å². The molecule has 4 nitrogen and oxygen atoms in total. The Hall–Kier alpha value is -1.03. The fourth-order valence-electron chi connectivity index (χ4n) is 5.55. The summed E-state index contributed by atoms with van der Waals surface area (Å²) in [6, 6.07) is 1.38. The Morgan fingerprint density at radius 2 is 2.00 bits per heavy atom. The Kier molecular flexibility index (Phi) is 3.44. The molecule has 4 aliphatic heterocycles. The summed E-state index contributed by atoms with van der Waals surface area (Å²) in [7, 11) is 1.72. The highest BCUT2D eigenvalue weighted by molar-refractivity contribution is 5.74. The lowest BCUT2D eigenvalue weighted by molar-refractivity contribution is -0.108. The van der Waals surface area contributed by atoms with E-state index in [4.69, 9.17) is 4.74 Å². The van der Waals surface area contributed by atoms with Crippen LogP contribution in [0.3, 0.4) is 0 Å². The van der Waals surface area contributed by atoms with Crippen molar-refractivity contribution in [3.05, 3.63) is 11.5 Å². The van der Waals surface area contributed by atoms with Gasteiger partial charge < -0.3 is 9.64 Å². The van der Waals surface area contributed by atoms with Crippen LogP contribution in [0, 0.1) is 11.8 Å². The smallest absolute Gasteiger partial charge is 0.195 e. The minimum absolute atomic E-state index is 0.589. The van der Waals surface area contributed by atoms with E-state index >= 15 is 0 Å². The lowest BCUT2D eigenvalue weighted by Crippen LogP contribution is -2.65. The maximum atomic E-state index is 11.3. The van der Waals surface area contributed by atoms with Gasteiger partial charge in [-0.3, -0.25) is 9.69 Å². The summed E-state index contributed by atoms with van der Waals surface area (Å²) < 4.78 is 5.64. The average molecular weight is 290 g/mol. The normalized spacial score (nSPS) is 39.6. The van der Waals surface area contributed by atoms with Crippen molar-refractivity contribution in [2.45, 2.75) is 50.6 Å². The fourth-order valence-corrected chi connectivity index (χ4v) is 5.55. The zero-order valence-corrected chi connectivity index (χ0v) is 13.0. The number of hydrogen-bond donors (Lipinski definition) is 0. The van der Waals surface area contributed by atoms with Gasteiger partial charge in [0.25, 0.3) is 0 Å². The lowest BCUT2D eigenvalue weighted by Gasteiger charge is -2.59. The van der Waals surface area contributed by atoms with E-state index in [1.54, 1.807) is 7.11 Å². The summed E-state index contributed by atoms with van der Waals surface area (Å²) in [5, 5.41) is 0. The number of carbonyl (C=O) groups excluding carboxylic acids is 1. The molecule has 3 fully saturated rings. The summed E-state index contributed by atoms with van der Waals surface area (Å²) in [5.41, 5.74) is 0.871. The Bertz CT molecular complexity index is 460. The average Bonchev–Trinajstić information content (AvgIpc) is 2.54. The lowest BCUT2D eigenvalue weighted by atomic mass is 9.68. The molecular formula is C17H26N2O2. The van der Waals surface area contributed by atoms with Gasteiger partial charge in [-0.2, -0.15) is 0 Å². The molecule has 0 aromatic carbocycles. The van der Waals surface area contributed by atoms with Gasteiger partial charge in [0.05, 0.1) is 12.7 Å². The predicted molar refractivity (Wildman–Crippen MR) is 80.6 cm³/mol. The van der Waals surface area contributed by atoms with Crippen LogP contribution in [0.4, 0.5) is 0 Å². The Morgan fingerprint density at radius 1 is 1.19 bits per heavy atom. The first-order chi connectivity index (χ1) is 10.3. The monoisotopic (exact) mass is 290 g/mol. The third-order valence-electron chi connectivity index (χ3n) is 6.25. The molecule has 0 spiro atoms. The first-order valence-corrected chi connectivity index (χ1v) is 8.56. The van der Waals surface area contributed by atoms with Crippen molar-refractivity contribution in [1.29, 1.82) is 0 Å². The zero-order chi connectivity index (χ0) is 14.4. The predicted octanol–water partition coefficient (Wildman–Crippen LogP) is 2.01. The third-order valence-corrected chi connectivity index (χ3v) is 6.25. The number of piperidine rings is 3. The molecule has 4 heterocycles. The number of hydrogen-bond acceptors (Lipinski definition) is 4.